The zero-order valence-corrected chi connectivity index (χ0v) is 28.6. The van der Waals surface area contributed by atoms with Gasteiger partial charge in [0, 0.05) is 63.5 Å². The van der Waals surface area contributed by atoms with Crippen molar-refractivity contribution >= 4 is 50.7 Å². The maximum absolute atomic E-state index is 14.1. The third kappa shape index (κ3) is 6.16. The van der Waals surface area contributed by atoms with Crippen LogP contribution in [0, 0.1) is 10.8 Å². The molecule has 44 heavy (non-hydrogen) atoms. The molecule has 7 heteroatoms. The van der Waals surface area contributed by atoms with Gasteiger partial charge in [-0.1, -0.05) is 93.4 Å². The Kier molecular flexibility index (Phi) is 8.36. The molecular weight excluding hydrogens is 657 g/mol. The Balaban J connectivity index is 1.45. The van der Waals surface area contributed by atoms with Crippen LogP contribution in [-0.4, -0.2) is 16.5 Å². The van der Waals surface area contributed by atoms with Crippen LogP contribution in [-0.2, 0) is 22.7 Å². The summed E-state index contributed by atoms with van der Waals surface area (Å²) in [6.07, 6.45) is 2.45. The van der Waals surface area contributed by atoms with E-state index in [1.54, 1.807) is 12.1 Å². The summed E-state index contributed by atoms with van der Waals surface area (Å²) in [4.78, 5) is 30.6. The van der Waals surface area contributed by atoms with Gasteiger partial charge in [0.15, 0.2) is 11.6 Å². The van der Waals surface area contributed by atoms with E-state index in [9.17, 15) is 9.59 Å². The van der Waals surface area contributed by atoms with E-state index in [2.05, 4.69) is 60.7 Å². The van der Waals surface area contributed by atoms with E-state index in [1.807, 2.05) is 42.5 Å². The highest BCUT2D eigenvalue weighted by molar-refractivity contribution is 9.10. The molecule has 0 saturated heterocycles. The van der Waals surface area contributed by atoms with E-state index < -0.39 is 5.92 Å². The van der Waals surface area contributed by atoms with Gasteiger partial charge in [-0.3, -0.25) is 9.59 Å². The first-order valence-corrected chi connectivity index (χ1v) is 16.6. The Hall–Kier alpha value is -2.86. The second-order valence-corrected chi connectivity index (χ2v) is 15.5. The number of hydrogen-bond acceptors (Lipinski definition) is 4. The van der Waals surface area contributed by atoms with Gasteiger partial charge < -0.3 is 9.64 Å². The molecule has 228 valence electrons. The maximum atomic E-state index is 14.1. The van der Waals surface area contributed by atoms with Crippen molar-refractivity contribution in [1.82, 2.24) is 4.90 Å². The third-order valence-corrected chi connectivity index (χ3v) is 10.1. The predicted molar refractivity (Wildman–Crippen MR) is 180 cm³/mol. The smallest absolute Gasteiger partial charge is 0.162 e. The number of carbonyl (C=O) groups excluding carboxylic acids is 2. The minimum absolute atomic E-state index is 0.123. The maximum Gasteiger partial charge on any atom is 0.162 e. The lowest BCUT2D eigenvalue weighted by molar-refractivity contribution is -0.119. The summed E-state index contributed by atoms with van der Waals surface area (Å²) in [5.41, 5.74) is 6.17. The van der Waals surface area contributed by atoms with Gasteiger partial charge >= 0.3 is 0 Å². The van der Waals surface area contributed by atoms with Crippen LogP contribution in [0.25, 0.3) is 0 Å². The first-order valence-electron chi connectivity index (χ1n) is 15.0. The molecule has 0 radical (unpaired) electrons. The number of Topliss-reactive ketones (excluding diaryl/α,β-unsaturated/α-hetero) is 2. The molecule has 3 aliphatic rings. The highest BCUT2D eigenvalue weighted by Gasteiger charge is 2.49. The molecule has 4 nitrogen and oxygen atoms in total. The number of halogens is 3. The predicted octanol–water partition coefficient (Wildman–Crippen LogP) is 10.2. The Morgan fingerprint density at radius 1 is 0.818 bits per heavy atom. The molecule has 0 bridgehead atoms. The number of ether oxygens (including phenoxy) is 1. The van der Waals surface area contributed by atoms with Crippen molar-refractivity contribution in [3.63, 3.8) is 0 Å². The summed E-state index contributed by atoms with van der Waals surface area (Å²) in [5, 5.41) is 1.12. The van der Waals surface area contributed by atoms with E-state index in [4.69, 9.17) is 27.9 Å². The van der Waals surface area contributed by atoms with Crippen molar-refractivity contribution in [1.29, 1.82) is 0 Å². The van der Waals surface area contributed by atoms with Gasteiger partial charge in [0.2, 0.25) is 0 Å². The summed E-state index contributed by atoms with van der Waals surface area (Å²) in [6.45, 7) is 9.57. The van der Waals surface area contributed by atoms with E-state index in [0.717, 1.165) is 56.5 Å². The molecule has 0 spiro atoms. The fourth-order valence-corrected chi connectivity index (χ4v) is 7.92. The van der Waals surface area contributed by atoms with Crippen molar-refractivity contribution in [3.8, 4) is 5.75 Å². The molecular formula is C37H36BrCl2NO3. The number of rotatable bonds is 6. The van der Waals surface area contributed by atoms with Crippen molar-refractivity contribution in [2.75, 3.05) is 0 Å². The molecule has 3 aromatic carbocycles. The number of benzene rings is 3. The first kappa shape index (κ1) is 31.1. The SMILES string of the molecule is CC1(C)CC(=O)C2=C(C1)N(Cc1ccccc1)C1=C(C(=O)CC(C)(C)C1)C2c1ccc(OCc2ccc(Cl)cc2Cl)c(Br)c1. The van der Waals surface area contributed by atoms with Crippen LogP contribution in [0.1, 0.15) is 76.0 Å². The third-order valence-electron chi connectivity index (χ3n) is 8.89. The van der Waals surface area contributed by atoms with E-state index >= 15 is 0 Å². The highest BCUT2D eigenvalue weighted by Crippen LogP contribution is 2.55. The average molecular weight is 694 g/mol. The lowest BCUT2D eigenvalue weighted by Crippen LogP contribution is -2.44. The van der Waals surface area contributed by atoms with Crippen LogP contribution in [0.3, 0.4) is 0 Å². The molecule has 0 fully saturated rings. The summed E-state index contributed by atoms with van der Waals surface area (Å²) < 4.78 is 6.89. The number of ketones is 2. The second-order valence-electron chi connectivity index (χ2n) is 13.8. The molecule has 0 saturated carbocycles. The average Bonchev–Trinajstić information content (AvgIpc) is 2.93. The molecule has 3 aromatic rings. The fraction of sp³-hybridized carbons (Fsp3) is 0.351. The van der Waals surface area contributed by atoms with Crippen LogP contribution in [0.2, 0.25) is 10.0 Å². The standard InChI is InChI=1S/C37H36BrCl2NO3/c1-36(2)16-28-34(30(42)18-36)33(23-11-13-32(26(38)14-23)44-21-24-10-12-25(39)15-27(24)40)35-29(17-37(3,4)19-31(35)43)41(28)20-22-8-6-5-7-9-22/h5-15,33H,16-21H2,1-4H3. The van der Waals surface area contributed by atoms with Crippen LogP contribution in [0.15, 0.2) is 93.7 Å². The fourth-order valence-electron chi connectivity index (χ4n) is 6.95. The Morgan fingerprint density at radius 2 is 1.43 bits per heavy atom. The molecule has 0 atom stereocenters. The molecule has 1 heterocycles. The van der Waals surface area contributed by atoms with Crippen molar-refractivity contribution in [2.24, 2.45) is 10.8 Å². The van der Waals surface area contributed by atoms with Crippen molar-refractivity contribution in [3.05, 3.63) is 120 Å². The Morgan fingerprint density at radius 3 is 2.00 bits per heavy atom. The van der Waals surface area contributed by atoms with Crippen molar-refractivity contribution < 1.29 is 14.3 Å². The van der Waals surface area contributed by atoms with Gasteiger partial charge in [0.25, 0.3) is 0 Å². The summed E-state index contributed by atoms with van der Waals surface area (Å²) in [7, 11) is 0. The van der Waals surface area contributed by atoms with E-state index in [0.29, 0.717) is 35.2 Å². The lowest BCUT2D eigenvalue weighted by Gasteiger charge is -2.49. The highest BCUT2D eigenvalue weighted by atomic mass is 79.9. The van der Waals surface area contributed by atoms with Crippen LogP contribution in [0.5, 0.6) is 5.75 Å². The number of hydrogen-bond donors (Lipinski definition) is 0. The molecule has 6 rings (SSSR count). The van der Waals surface area contributed by atoms with Crippen LogP contribution < -0.4 is 4.74 Å². The van der Waals surface area contributed by atoms with E-state index in [-0.39, 0.29) is 29.0 Å². The minimum atomic E-state index is -0.421. The van der Waals surface area contributed by atoms with Crippen molar-refractivity contribution in [2.45, 2.75) is 72.4 Å². The second kappa shape index (κ2) is 11.8. The van der Waals surface area contributed by atoms with Gasteiger partial charge in [-0.2, -0.15) is 0 Å². The number of carbonyl (C=O) groups is 2. The quantitative estimate of drug-likeness (QED) is 0.258. The molecule has 0 unspecified atom stereocenters. The lowest BCUT2D eigenvalue weighted by atomic mass is 9.63. The van der Waals surface area contributed by atoms with Gasteiger partial charge in [-0.25, -0.2) is 0 Å². The monoisotopic (exact) mass is 691 g/mol. The molecule has 2 aliphatic carbocycles. The zero-order chi connectivity index (χ0) is 31.4. The summed E-state index contributed by atoms with van der Waals surface area (Å²) >= 11 is 16.2. The Bertz CT molecular complexity index is 1670. The van der Waals surface area contributed by atoms with Gasteiger partial charge in [0.1, 0.15) is 12.4 Å². The van der Waals surface area contributed by atoms with E-state index in [1.165, 1.54) is 0 Å². The summed E-state index contributed by atoms with van der Waals surface area (Å²) in [5.74, 6) is 0.474. The largest absolute Gasteiger partial charge is 0.488 e. The normalized spacial score (nSPS) is 19.7. The zero-order valence-electron chi connectivity index (χ0n) is 25.5. The minimum Gasteiger partial charge on any atom is -0.488 e. The number of nitrogens with zero attached hydrogens (tertiary/aromatic N) is 1. The molecule has 0 amide bonds. The summed E-state index contributed by atoms with van der Waals surface area (Å²) in [6, 6.07) is 21.6. The van der Waals surface area contributed by atoms with Gasteiger partial charge in [-0.05, 0) is 75.0 Å². The van der Waals surface area contributed by atoms with Gasteiger partial charge in [0.05, 0.1) is 4.47 Å². The molecule has 0 aromatic heterocycles. The Labute approximate surface area is 278 Å². The molecule has 0 N–H and O–H groups in total. The first-order chi connectivity index (χ1) is 20.8. The van der Waals surface area contributed by atoms with Crippen LogP contribution >= 0.6 is 39.1 Å². The van der Waals surface area contributed by atoms with Crippen LogP contribution in [0.4, 0.5) is 0 Å². The number of allylic oxidation sites excluding steroid dienone is 4. The molecule has 1 aliphatic heterocycles. The van der Waals surface area contributed by atoms with Gasteiger partial charge in [-0.15, -0.1) is 0 Å². The topological polar surface area (TPSA) is 46.6 Å².